The molecule has 0 N–H and O–H groups in total. The van der Waals surface area contributed by atoms with Gasteiger partial charge >= 0.3 is 8.60 Å². The van der Waals surface area contributed by atoms with Crippen LogP contribution in [0.3, 0.4) is 0 Å². The van der Waals surface area contributed by atoms with Crippen molar-refractivity contribution in [1.82, 2.24) is 0 Å². The van der Waals surface area contributed by atoms with Crippen molar-refractivity contribution >= 4 is 46.5 Å². The van der Waals surface area contributed by atoms with Crippen molar-refractivity contribution in [2.45, 2.75) is 444 Å². The van der Waals surface area contributed by atoms with E-state index in [1.54, 1.807) is 0 Å². The van der Waals surface area contributed by atoms with Gasteiger partial charge in [-0.2, -0.15) is 0 Å². The van der Waals surface area contributed by atoms with Crippen LogP contribution in [0.2, 0.25) is 0 Å². The van der Waals surface area contributed by atoms with E-state index in [1.165, 1.54) is 182 Å². The van der Waals surface area contributed by atoms with Gasteiger partial charge in [-0.15, -0.1) is 37.9 Å². The highest BCUT2D eigenvalue weighted by atomic mass is 32.1. The molecule has 608 valence electrons. The van der Waals surface area contributed by atoms with Crippen LogP contribution >= 0.6 is 46.5 Å². The van der Waals surface area contributed by atoms with Gasteiger partial charge in [-0.25, -0.2) is 0 Å². The van der Waals surface area contributed by atoms with Crippen LogP contribution in [-0.2, 0) is 62.9 Å². The molecule has 0 saturated carbocycles. The Balaban J connectivity index is 2.03. The Morgan fingerprint density at radius 2 is 0.413 bits per heavy atom. The van der Waals surface area contributed by atoms with Crippen molar-refractivity contribution in [3.8, 4) is 0 Å². The Kier molecular flexibility index (Phi) is 36.0. The topological polar surface area (TPSA) is 27.7 Å². The Hall–Kier alpha value is -3.32. The lowest BCUT2D eigenvalue weighted by atomic mass is 9.69. The molecule has 109 heavy (non-hydrogen) atoms. The maximum absolute atomic E-state index is 9.49. The first-order chi connectivity index (χ1) is 50.9. The van der Waals surface area contributed by atoms with E-state index < -0.39 is 25.4 Å². The Morgan fingerprint density at radius 1 is 0.229 bits per heavy atom. The lowest BCUT2D eigenvalue weighted by molar-refractivity contribution is -0.0298. The maximum Gasteiger partial charge on any atom is 0.336 e. The molecule has 0 heterocycles. The van der Waals surface area contributed by atoms with Crippen LogP contribution in [-0.4, -0.2) is 0 Å². The summed E-state index contributed by atoms with van der Waals surface area (Å²) in [5.74, 6) is 0. The number of aryl methyl sites for hydroxylation is 6. The Labute approximate surface area is 689 Å². The largest absolute Gasteiger partial charge is 0.336 e. The molecule has 3 atom stereocenters. The predicted octanol–water partition coefficient (Wildman–Crippen LogP) is 33.4. The molecule has 3 nitrogen and oxygen atoms in total. The second kappa shape index (κ2) is 41.5. The molecular weight excluding hydrogens is 1400 g/mol. The van der Waals surface area contributed by atoms with E-state index in [0.29, 0.717) is 19.3 Å². The van der Waals surface area contributed by atoms with E-state index in [9.17, 15) is 13.6 Å². The lowest BCUT2D eigenvalue weighted by Gasteiger charge is -2.49. The zero-order valence-corrected chi connectivity index (χ0v) is 78.5. The normalized spacial score (nSPS) is 14.8. The number of hydrogen-bond acceptors (Lipinski definition) is 6. The van der Waals surface area contributed by atoms with Crippen molar-refractivity contribution in [2.24, 2.45) is 0 Å². The maximum atomic E-state index is 9.49. The van der Waals surface area contributed by atoms with Crippen molar-refractivity contribution in [1.29, 1.82) is 0 Å². The van der Waals surface area contributed by atoms with Crippen LogP contribution in [0.25, 0.3) is 0 Å². The van der Waals surface area contributed by atoms with Gasteiger partial charge in [0.2, 0.25) is 0 Å². The standard InChI is InChI=1S/C102H159O3PS3/c1-28-31-34-37-40-43-46-49-52-61-100(79-58-55-73(4)64-82(79)94(10,11)12,91-85(97(19,20)21)67-76(7)70-88(91)107)103-106(104-101(62-53-50-47-44-41-38-35-32-29-2,80-59-56-74(5)65-83(80)95(13,14)15)92-86(98(22,23)24)68-77(8)71-89(92)108)105-102(63-54-51-48-45-42-39-36-33-30-3,81-60-57-75(6)66-84(81)96(16,17)18)93-87(99(25,26)27)69-78(9)72-90(93)109/h55-60,64-72,107-109H,28-54,61-63H2,1-27H3. The number of hydrogen-bond donors (Lipinski definition) is 3. The van der Waals surface area contributed by atoms with Gasteiger partial charge in [0.05, 0.1) is 0 Å². The van der Waals surface area contributed by atoms with Gasteiger partial charge < -0.3 is 0 Å². The van der Waals surface area contributed by atoms with E-state index in [2.05, 4.69) is 278 Å². The van der Waals surface area contributed by atoms with Gasteiger partial charge in [0, 0.05) is 31.4 Å². The van der Waals surface area contributed by atoms with Gasteiger partial charge in [0.1, 0.15) is 16.8 Å². The van der Waals surface area contributed by atoms with Crippen LogP contribution in [0.4, 0.5) is 0 Å². The molecule has 0 spiro atoms. The van der Waals surface area contributed by atoms with Crippen LogP contribution in [0.1, 0.15) is 438 Å². The molecule has 6 rings (SSSR count). The molecule has 6 aromatic rings. The fraction of sp³-hybridized carbons (Fsp3) is 0.647. The summed E-state index contributed by atoms with van der Waals surface area (Å²) in [6.07, 6.45) is 34.1. The average molecular weight is 1560 g/mol. The SMILES string of the molecule is CCCCCCCCCCCC(OP(OC(CCCCCCCCCCC)(c1ccc(C)cc1C(C)(C)C)c1c(S)cc(C)cc1C(C)(C)C)OC(CCCCCCCCCCC)(c1ccc(C)cc1C(C)(C)C)c1c(S)cc(C)cc1C(C)(C)C)(c1ccc(C)cc1C(C)(C)C)c1c(S)cc(C)cc1C(C)(C)C. The van der Waals surface area contributed by atoms with Crippen molar-refractivity contribution in [3.63, 3.8) is 0 Å². The van der Waals surface area contributed by atoms with Gasteiger partial charge in [-0.3, -0.25) is 13.6 Å². The summed E-state index contributed by atoms with van der Waals surface area (Å²) in [6, 6.07) is 36.3. The number of benzene rings is 6. The smallest absolute Gasteiger partial charge is 0.296 e. The summed E-state index contributed by atoms with van der Waals surface area (Å²) in [5, 5.41) is 0. The van der Waals surface area contributed by atoms with E-state index in [1.807, 2.05) is 0 Å². The molecule has 0 fully saturated rings. The van der Waals surface area contributed by atoms with E-state index in [4.69, 9.17) is 37.9 Å². The summed E-state index contributed by atoms with van der Waals surface area (Å²) in [5.41, 5.74) is 15.7. The molecule has 0 aliphatic carbocycles. The molecule has 0 aromatic heterocycles. The molecular formula is C102H159O3PS3. The minimum Gasteiger partial charge on any atom is -0.296 e. The number of thiol groups is 3. The lowest BCUT2D eigenvalue weighted by Crippen LogP contribution is -2.42. The first-order valence-electron chi connectivity index (χ1n) is 43.7. The van der Waals surface area contributed by atoms with Gasteiger partial charge in [-0.1, -0.05) is 389 Å². The third-order valence-electron chi connectivity index (χ3n) is 23.3. The van der Waals surface area contributed by atoms with Crippen LogP contribution in [0.5, 0.6) is 0 Å². The third-order valence-corrected chi connectivity index (χ3v) is 25.7. The van der Waals surface area contributed by atoms with Crippen molar-refractivity contribution in [3.05, 3.63) is 191 Å². The summed E-state index contributed by atoms with van der Waals surface area (Å²) in [6.45, 7) is 63.9. The monoisotopic (exact) mass is 1560 g/mol. The second-order valence-electron chi connectivity index (χ2n) is 40.0. The average Bonchev–Trinajstić information content (AvgIpc) is 0.719. The van der Waals surface area contributed by atoms with Crippen LogP contribution in [0.15, 0.2) is 106 Å². The molecule has 0 amide bonds. The molecule has 6 aromatic carbocycles. The zero-order valence-electron chi connectivity index (χ0n) is 74.9. The molecule has 7 heteroatoms. The van der Waals surface area contributed by atoms with E-state index in [-0.39, 0.29) is 32.5 Å². The summed E-state index contributed by atoms with van der Waals surface area (Å²) >= 11 is 17.8. The Morgan fingerprint density at radius 3 is 0.606 bits per heavy atom. The highest BCUT2D eigenvalue weighted by Crippen LogP contribution is 2.67. The molecule has 0 saturated heterocycles. The molecule has 0 aliphatic heterocycles. The summed E-state index contributed by atoms with van der Waals surface area (Å²) in [7, 11) is -2.65. The summed E-state index contributed by atoms with van der Waals surface area (Å²) in [4.78, 5) is 2.79. The molecule has 3 unspecified atom stereocenters. The van der Waals surface area contributed by atoms with E-state index in [0.717, 1.165) is 106 Å². The predicted molar refractivity (Wildman–Crippen MR) is 489 cm³/mol. The first-order valence-corrected chi connectivity index (χ1v) is 46.1. The summed E-state index contributed by atoms with van der Waals surface area (Å²) < 4.78 is 28.5. The second-order valence-corrected chi connectivity index (χ2v) is 42.4. The minimum absolute atomic E-state index is 0.330. The van der Waals surface area contributed by atoms with Gasteiger partial charge in [0.15, 0.2) is 0 Å². The molecule has 0 aliphatic rings. The zero-order chi connectivity index (χ0) is 81.1. The third kappa shape index (κ3) is 25.8. The molecule has 0 radical (unpaired) electrons. The van der Waals surface area contributed by atoms with Gasteiger partial charge in [0.25, 0.3) is 0 Å². The fourth-order valence-electron chi connectivity index (χ4n) is 17.3. The van der Waals surface area contributed by atoms with E-state index >= 15 is 0 Å². The molecule has 0 bridgehead atoms. The Bertz CT molecular complexity index is 3420. The van der Waals surface area contributed by atoms with Crippen molar-refractivity contribution in [2.75, 3.05) is 0 Å². The minimum atomic E-state index is -2.65. The van der Waals surface area contributed by atoms with Gasteiger partial charge in [-0.05, 0) is 198 Å². The van der Waals surface area contributed by atoms with Crippen LogP contribution < -0.4 is 0 Å². The fourth-order valence-corrected chi connectivity index (χ4v) is 20.6. The highest BCUT2D eigenvalue weighted by Gasteiger charge is 2.55. The van der Waals surface area contributed by atoms with Crippen molar-refractivity contribution < 1.29 is 13.6 Å². The van der Waals surface area contributed by atoms with Crippen LogP contribution in [0, 0.1) is 41.5 Å². The number of rotatable bonds is 42. The highest BCUT2D eigenvalue weighted by molar-refractivity contribution is 7.80. The number of unbranched alkanes of at least 4 members (excludes halogenated alkanes) is 24. The first kappa shape index (κ1) is 94.5. The quantitative estimate of drug-likeness (QED) is 0.0203.